The second kappa shape index (κ2) is 9.76. The number of pyridine rings is 2. The third kappa shape index (κ3) is 6.93. The van der Waals surface area contributed by atoms with E-state index in [9.17, 15) is 41.0 Å². The highest BCUT2D eigenvalue weighted by molar-refractivity contribution is 6.08. The molecule has 3 aromatic heterocycles. The number of aromatic nitrogens is 3. The van der Waals surface area contributed by atoms with Crippen LogP contribution in [0.5, 0.6) is 0 Å². The van der Waals surface area contributed by atoms with E-state index in [1.165, 1.54) is 16.8 Å². The molecule has 0 fully saturated rings. The van der Waals surface area contributed by atoms with Crippen molar-refractivity contribution in [3.8, 4) is 0 Å². The first-order valence-corrected chi connectivity index (χ1v) is 10.5. The summed E-state index contributed by atoms with van der Waals surface area (Å²) in [5.74, 6) is -2.31. The smallest absolute Gasteiger partial charge is 0.390 e. The van der Waals surface area contributed by atoms with Crippen LogP contribution in [0, 0.1) is 0 Å². The van der Waals surface area contributed by atoms with Crippen LogP contribution >= 0.6 is 0 Å². The molecule has 0 spiro atoms. The predicted molar refractivity (Wildman–Crippen MR) is 115 cm³/mol. The molecule has 0 bridgehead atoms. The predicted octanol–water partition coefficient (Wildman–Crippen LogP) is 4.00. The van der Waals surface area contributed by atoms with E-state index < -0.39 is 53.3 Å². The molecule has 3 heterocycles. The first kappa shape index (κ1) is 26.9. The van der Waals surface area contributed by atoms with Gasteiger partial charge in [-0.2, -0.15) is 26.3 Å². The Morgan fingerprint density at radius 1 is 1.08 bits per heavy atom. The van der Waals surface area contributed by atoms with Gasteiger partial charge in [-0.25, -0.2) is 9.97 Å². The molecule has 14 heteroatoms. The van der Waals surface area contributed by atoms with Gasteiger partial charge in [0.05, 0.1) is 16.9 Å². The van der Waals surface area contributed by atoms with Crippen molar-refractivity contribution in [2.24, 2.45) is 0 Å². The quantitative estimate of drug-likeness (QED) is 0.411. The van der Waals surface area contributed by atoms with Crippen LogP contribution < -0.4 is 10.6 Å². The zero-order chi connectivity index (χ0) is 26.9. The van der Waals surface area contributed by atoms with Crippen LogP contribution in [0.1, 0.15) is 52.5 Å². The van der Waals surface area contributed by atoms with Gasteiger partial charge in [0.25, 0.3) is 11.8 Å². The number of hydrogen-bond acceptors (Lipinski definition) is 5. The Bertz CT molecular complexity index is 1280. The molecule has 0 aliphatic heterocycles. The number of rotatable bonds is 7. The zero-order valence-corrected chi connectivity index (χ0v) is 19.0. The Morgan fingerprint density at radius 3 is 2.39 bits per heavy atom. The molecule has 3 rings (SSSR count). The lowest BCUT2D eigenvalue weighted by atomic mass is 10.0. The van der Waals surface area contributed by atoms with Crippen molar-refractivity contribution < 1.29 is 41.0 Å². The molecule has 0 aliphatic rings. The lowest BCUT2D eigenvalue weighted by Crippen LogP contribution is -2.34. The van der Waals surface area contributed by atoms with Crippen LogP contribution in [0.15, 0.2) is 36.7 Å². The number of hydrogen-bond donors (Lipinski definition) is 3. The van der Waals surface area contributed by atoms with E-state index in [2.05, 4.69) is 15.3 Å². The van der Waals surface area contributed by atoms with Gasteiger partial charge >= 0.3 is 12.4 Å². The fourth-order valence-electron chi connectivity index (χ4n) is 3.16. The molecule has 0 unspecified atom stereocenters. The fourth-order valence-corrected chi connectivity index (χ4v) is 3.16. The third-order valence-electron chi connectivity index (χ3n) is 4.93. The number of nitrogens with zero attached hydrogens (tertiary/aromatic N) is 3. The lowest BCUT2D eigenvalue weighted by molar-refractivity contribution is -0.141. The molecule has 36 heavy (non-hydrogen) atoms. The third-order valence-corrected chi connectivity index (χ3v) is 4.93. The number of fused-ring (bicyclic) bond motifs is 1. The van der Waals surface area contributed by atoms with E-state index >= 15 is 0 Å². The summed E-state index contributed by atoms with van der Waals surface area (Å²) in [6.45, 7) is 1.53. The molecule has 0 atom stereocenters. The number of amides is 2. The summed E-state index contributed by atoms with van der Waals surface area (Å²) in [6.07, 6.45) is -6.25. The summed E-state index contributed by atoms with van der Waals surface area (Å²) in [5, 5.41) is 13.9. The van der Waals surface area contributed by atoms with Gasteiger partial charge in [0, 0.05) is 18.1 Å². The maximum absolute atomic E-state index is 13.0. The molecule has 8 nitrogen and oxygen atoms in total. The van der Waals surface area contributed by atoms with E-state index in [0.29, 0.717) is 24.6 Å². The average molecular weight is 517 g/mol. The van der Waals surface area contributed by atoms with Crippen LogP contribution in [0.3, 0.4) is 0 Å². The Balaban J connectivity index is 2.01. The van der Waals surface area contributed by atoms with Gasteiger partial charge in [-0.1, -0.05) is 6.07 Å². The summed E-state index contributed by atoms with van der Waals surface area (Å²) < 4.78 is 78.2. The topological polar surface area (TPSA) is 109 Å². The van der Waals surface area contributed by atoms with E-state index in [1.807, 2.05) is 0 Å². The largest absolute Gasteiger partial charge is 0.433 e. The van der Waals surface area contributed by atoms with Crippen LogP contribution in [0.4, 0.5) is 32.0 Å². The second-order valence-corrected chi connectivity index (χ2v) is 8.55. The Hall–Kier alpha value is -3.68. The molecule has 0 radical (unpaired) electrons. The maximum atomic E-state index is 13.0. The molecule has 0 saturated heterocycles. The summed E-state index contributed by atoms with van der Waals surface area (Å²) >= 11 is 0. The van der Waals surface area contributed by atoms with Crippen molar-refractivity contribution in [1.29, 1.82) is 0 Å². The Labute approximate surface area is 200 Å². The number of halogens is 6. The number of nitrogens with one attached hydrogen (secondary N) is 2. The van der Waals surface area contributed by atoms with Gasteiger partial charge in [0.2, 0.25) is 0 Å². The van der Waals surface area contributed by atoms with Gasteiger partial charge in [0.1, 0.15) is 23.6 Å². The SMILES string of the molecule is CC(C)(O)CCc1cnc2cc(C(=O)NCC(F)(F)F)c(NC(=O)c3cccc(C(F)(F)F)n3)cn12. The molecular formula is C22H21F6N5O3. The summed E-state index contributed by atoms with van der Waals surface area (Å²) in [5.41, 5.74) is -2.94. The fraction of sp³-hybridized carbons (Fsp3) is 0.364. The van der Waals surface area contributed by atoms with Crippen LogP contribution in [-0.2, 0) is 12.6 Å². The van der Waals surface area contributed by atoms with Gasteiger partial charge < -0.3 is 20.1 Å². The molecular weight excluding hydrogens is 496 g/mol. The van der Waals surface area contributed by atoms with Gasteiger partial charge in [-0.3, -0.25) is 9.59 Å². The van der Waals surface area contributed by atoms with E-state index in [-0.39, 0.29) is 11.3 Å². The van der Waals surface area contributed by atoms with Gasteiger partial charge in [-0.05, 0) is 44.9 Å². The molecule has 3 aromatic rings. The summed E-state index contributed by atoms with van der Waals surface area (Å²) in [6, 6.07) is 3.78. The number of aliphatic hydroxyl groups is 1. The van der Waals surface area contributed by atoms with Crippen molar-refractivity contribution in [3.05, 3.63) is 59.3 Å². The van der Waals surface area contributed by atoms with Crippen molar-refractivity contribution in [3.63, 3.8) is 0 Å². The monoisotopic (exact) mass is 517 g/mol. The normalized spacial score (nSPS) is 12.6. The number of anilines is 1. The van der Waals surface area contributed by atoms with Crippen LogP contribution in [-0.4, -0.2) is 49.6 Å². The van der Waals surface area contributed by atoms with E-state index in [4.69, 9.17) is 0 Å². The minimum Gasteiger partial charge on any atom is -0.390 e. The Kier molecular flexibility index (Phi) is 7.30. The molecule has 194 valence electrons. The van der Waals surface area contributed by atoms with Crippen molar-refractivity contribution >= 4 is 23.1 Å². The number of aryl methyl sites for hydroxylation is 1. The minimum absolute atomic E-state index is 0.160. The number of carbonyl (C=O) groups excluding carboxylic acids is 2. The average Bonchev–Trinajstić information content (AvgIpc) is 3.16. The first-order chi connectivity index (χ1) is 16.5. The number of alkyl halides is 6. The number of carbonyl (C=O) groups is 2. The molecule has 2 amide bonds. The first-order valence-electron chi connectivity index (χ1n) is 10.5. The lowest BCUT2D eigenvalue weighted by Gasteiger charge is -2.17. The van der Waals surface area contributed by atoms with Gasteiger partial charge in [0.15, 0.2) is 0 Å². The standard InChI is InChI=1S/C22H21F6N5O3/c1-20(2,36)7-6-12-9-29-17-8-13(18(34)30-11-21(23,24)25)15(10-33(12)17)32-19(35)14-4-3-5-16(31-14)22(26,27)28/h3-5,8-10,36H,6-7,11H2,1-2H3,(H,30,34)(H,32,35). The highest BCUT2D eigenvalue weighted by Crippen LogP contribution is 2.28. The molecule has 0 aromatic carbocycles. The zero-order valence-electron chi connectivity index (χ0n) is 19.0. The molecule has 0 aliphatic carbocycles. The van der Waals surface area contributed by atoms with E-state index in [0.717, 1.165) is 18.2 Å². The Morgan fingerprint density at radius 2 is 1.78 bits per heavy atom. The highest BCUT2D eigenvalue weighted by Gasteiger charge is 2.33. The van der Waals surface area contributed by atoms with Crippen molar-refractivity contribution in [2.75, 3.05) is 11.9 Å². The van der Waals surface area contributed by atoms with Crippen LogP contribution in [0.2, 0.25) is 0 Å². The van der Waals surface area contributed by atoms with Crippen molar-refractivity contribution in [2.45, 2.75) is 44.6 Å². The minimum atomic E-state index is -4.82. The summed E-state index contributed by atoms with van der Waals surface area (Å²) in [4.78, 5) is 32.6. The van der Waals surface area contributed by atoms with Gasteiger partial charge in [-0.15, -0.1) is 0 Å². The second-order valence-electron chi connectivity index (χ2n) is 8.55. The molecule has 3 N–H and O–H groups in total. The highest BCUT2D eigenvalue weighted by atomic mass is 19.4. The van der Waals surface area contributed by atoms with Crippen LogP contribution in [0.25, 0.3) is 5.65 Å². The maximum Gasteiger partial charge on any atom is 0.433 e. The van der Waals surface area contributed by atoms with Crippen molar-refractivity contribution in [1.82, 2.24) is 19.7 Å². The van der Waals surface area contributed by atoms with E-state index in [1.54, 1.807) is 19.2 Å². The molecule has 0 saturated carbocycles. The summed E-state index contributed by atoms with van der Waals surface area (Å²) in [7, 11) is 0. The number of imidazole rings is 1.